The Morgan fingerprint density at radius 2 is 2.00 bits per heavy atom. The van der Waals surface area contributed by atoms with Crippen molar-refractivity contribution in [3.63, 3.8) is 0 Å². The minimum absolute atomic E-state index is 0.776. The van der Waals surface area contributed by atoms with Gasteiger partial charge in [-0.2, -0.15) is 0 Å². The zero-order valence-electron chi connectivity index (χ0n) is 7.33. The molecule has 0 aromatic heterocycles. The van der Waals surface area contributed by atoms with Crippen LogP contribution in [0.15, 0.2) is 18.2 Å². The predicted molar refractivity (Wildman–Crippen MR) is 49.3 cm³/mol. The summed E-state index contributed by atoms with van der Waals surface area (Å²) in [5.41, 5.74) is 7.37. The van der Waals surface area contributed by atoms with Crippen LogP contribution >= 0.6 is 0 Å². The van der Waals surface area contributed by atoms with Gasteiger partial charge in [0.1, 0.15) is 12.5 Å². The van der Waals surface area contributed by atoms with E-state index in [9.17, 15) is 0 Å². The molecule has 0 radical (unpaired) electrons. The minimum Gasteiger partial charge on any atom is -0.496 e. The molecule has 0 fully saturated rings. The van der Waals surface area contributed by atoms with Crippen molar-refractivity contribution in [2.45, 2.75) is 6.92 Å². The minimum atomic E-state index is 0.776. The average Bonchev–Trinajstić information content (AvgIpc) is 2.08. The number of rotatable bonds is 1. The van der Waals surface area contributed by atoms with Crippen LogP contribution in [0.25, 0.3) is 0 Å². The average molecular weight is 167 g/mol. The van der Waals surface area contributed by atoms with E-state index in [2.05, 4.69) is 0 Å². The lowest BCUT2D eigenvalue weighted by molar-refractivity contribution is -0.0979. The van der Waals surface area contributed by atoms with Crippen LogP contribution in [-0.4, -0.2) is 13.9 Å². The van der Waals surface area contributed by atoms with Gasteiger partial charge in [-0.3, -0.25) is 0 Å². The summed E-state index contributed by atoms with van der Waals surface area (Å²) in [7, 11) is 1.65. The maximum atomic E-state index is 8.00. The van der Waals surface area contributed by atoms with E-state index in [4.69, 9.17) is 15.3 Å². The number of carbonyl (C=O) groups is 1. The van der Waals surface area contributed by atoms with Crippen LogP contribution in [0.4, 0.5) is 5.69 Å². The van der Waals surface area contributed by atoms with Crippen molar-refractivity contribution in [1.29, 1.82) is 0 Å². The molecule has 2 N–H and O–H groups in total. The van der Waals surface area contributed by atoms with Crippen molar-refractivity contribution in [2.75, 3.05) is 12.8 Å². The first-order chi connectivity index (χ1) is 5.74. The second kappa shape index (κ2) is 5.18. The van der Waals surface area contributed by atoms with E-state index in [1.807, 2.05) is 31.9 Å². The van der Waals surface area contributed by atoms with Crippen LogP contribution < -0.4 is 10.5 Å². The highest BCUT2D eigenvalue weighted by Gasteiger charge is 1.95. The first kappa shape index (κ1) is 10.5. The molecule has 0 saturated heterocycles. The van der Waals surface area contributed by atoms with Crippen molar-refractivity contribution in [3.05, 3.63) is 23.8 Å². The summed E-state index contributed by atoms with van der Waals surface area (Å²) in [6.07, 6.45) is 0. The summed E-state index contributed by atoms with van der Waals surface area (Å²) in [6, 6.07) is 5.58. The van der Waals surface area contributed by atoms with E-state index in [1.54, 1.807) is 7.11 Å². The normalized spacial score (nSPS) is 8.17. The standard InChI is InChI=1S/C8H11NO.CH2O/c1-6-5-7(9)3-4-8(6)10-2;1-2/h3-5H,9H2,1-2H3;1H2. The van der Waals surface area contributed by atoms with Gasteiger partial charge in [-0.05, 0) is 30.7 Å². The van der Waals surface area contributed by atoms with Gasteiger partial charge >= 0.3 is 0 Å². The monoisotopic (exact) mass is 167 g/mol. The zero-order valence-corrected chi connectivity index (χ0v) is 7.33. The van der Waals surface area contributed by atoms with Crippen LogP contribution in [0.2, 0.25) is 0 Å². The van der Waals surface area contributed by atoms with Crippen molar-refractivity contribution < 1.29 is 9.53 Å². The topological polar surface area (TPSA) is 52.3 Å². The Morgan fingerprint density at radius 3 is 2.42 bits per heavy atom. The molecular weight excluding hydrogens is 154 g/mol. The largest absolute Gasteiger partial charge is 0.496 e. The molecule has 0 unspecified atom stereocenters. The Labute approximate surface area is 72.1 Å². The molecule has 0 aliphatic carbocycles. The summed E-state index contributed by atoms with van der Waals surface area (Å²) >= 11 is 0. The van der Waals surface area contributed by atoms with E-state index in [1.165, 1.54) is 0 Å². The fourth-order valence-electron chi connectivity index (χ4n) is 0.902. The van der Waals surface area contributed by atoms with Crippen LogP contribution in [0, 0.1) is 6.92 Å². The van der Waals surface area contributed by atoms with Crippen molar-refractivity contribution in [3.8, 4) is 5.75 Å². The van der Waals surface area contributed by atoms with Gasteiger partial charge in [-0.25, -0.2) is 0 Å². The third kappa shape index (κ3) is 2.62. The molecule has 12 heavy (non-hydrogen) atoms. The van der Waals surface area contributed by atoms with Gasteiger partial charge in [0.2, 0.25) is 0 Å². The number of methoxy groups -OCH3 is 1. The molecule has 3 heteroatoms. The van der Waals surface area contributed by atoms with Crippen LogP contribution in [-0.2, 0) is 4.79 Å². The van der Waals surface area contributed by atoms with Gasteiger partial charge in [0.15, 0.2) is 0 Å². The summed E-state index contributed by atoms with van der Waals surface area (Å²) in [4.78, 5) is 8.00. The summed E-state index contributed by atoms with van der Waals surface area (Å²) < 4.78 is 5.04. The van der Waals surface area contributed by atoms with E-state index < -0.39 is 0 Å². The van der Waals surface area contributed by atoms with Gasteiger partial charge in [-0.1, -0.05) is 0 Å². The molecule has 0 bridgehead atoms. The number of benzene rings is 1. The Bertz CT molecular complexity index is 248. The molecule has 0 saturated carbocycles. The molecule has 1 aromatic carbocycles. The SMILES string of the molecule is C=O.COc1ccc(N)cc1C. The number of aryl methyl sites for hydroxylation is 1. The Balaban J connectivity index is 0.000000561. The number of carbonyl (C=O) groups excluding carboxylic acids is 1. The van der Waals surface area contributed by atoms with Crippen molar-refractivity contribution >= 4 is 12.5 Å². The number of nitrogens with two attached hydrogens (primary N) is 1. The van der Waals surface area contributed by atoms with Gasteiger partial charge in [0.05, 0.1) is 7.11 Å². The van der Waals surface area contributed by atoms with Crippen molar-refractivity contribution in [1.82, 2.24) is 0 Å². The maximum absolute atomic E-state index is 8.00. The predicted octanol–water partition coefficient (Wildman–Crippen LogP) is 1.40. The fourth-order valence-corrected chi connectivity index (χ4v) is 0.902. The number of anilines is 1. The molecular formula is C9H13NO2. The molecule has 66 valence electrons. The molecule has 1 aromatic rings. The van der Waals surface area contributed by atoms with E-state index in [0.717, 1.165) is 17.0 Å². The summed E-state index contributed by atoms with van der Waals surface area (Å²) in [5, 5.41) is 0. The second-order valence-corrected chi connectivity index (χ2v) is 2.23. The van der Waals surface area contributed by atoms with E-state index in [0.29, 0.717) is 0 Å². The number of ether oxygens (including phenoxy) is 1. The quantitative estimate of drug-likeness (QED) is 0.643. The smallest absolute Gasteiger partial charge is 0.121 e. The highest BCUT2D eigenvalue weighted by Crippen LogP contribution is 2.18. The van der Waals surface area contributed by atoms with Crippen LogP contribution in [0.5, 0.6) is 5.75 Å². The van der Waals surface area contributed by atoms with Crippen LogP contribution in [0.1, 0.15) is 5.56 Å². The third-order valence-electron chi connectivity index (χ3n) is 1.42. The first-order valence-electron chi connectivity index (χ1n) is 3.43. The second-order valence-electron chi connectivity index (χ2n) is 2.23. The highest BCUT2D eigenvalue weighted by molar-refractivity contribution is 5.47. The molecule has 0 heterocycles. The number of hydrogen-bond acceptors (Lipinski definition) is 3. The Hall–Kier alpha value is -1.51. The fraction of sp³-hybridized carbons (Fsp3) is 0.222. The lowest BCUT2D eigenvalue weighted by Gasteiger charge is -2.03. The molecule has 0 amide bonds. The molecule has 0 spiro atoms. The third-order valence-corrected chi connectivity index (χ3v) is 1.42. The van der Waals surface area contributed by atoms with E-state index >= 15 is 0 Å². The molecule has 0 aliphatic heterocycles. The lowest BCUT2D eigenvalue weighted by Crippen LogP contribution is -1.89. The number of nitrogen functional groups attached to an aromatic ring is 1. The molecule has 0 atom stereocenters. The Kier molecular flexibility index (Phi) is 4.53. The van der Waals surface area contributed by atoms with Gasteiger partial charge in [0.25, 0.3) is 0 Å². The molecule has 0 aliphatic rings. The summed E-state index contributed by atoms with van der Waals surface area (Å²) in [6.45, 7) is 3.97. The number of hydrogen-bond donors (Lipinski definition) is 1. The van der Waals surface area contributed by atoms with Gasteiger partial charge in [0, 0.05) is 5.69 Å². The first-order valence-corrected chi connectivity index (χ1v) is 3.43. The van der Waals surface area contributed by atoms with Gasteiger partial charge in [-0.15, -0.1) is 0 Å². The lowest BCUT2D eigenvalue weighted by atomic mass is 10.2. The van der Waals surface area contributed by atoms with Gasteiger partial charge < -0.3 is 15.3 Å². The van der Waals surface area contributed by atoms with Crippen molar-refractivity contribution in [2.24, 2.45) is 0 Å². The maximum Gasteiger partial charge on any atom is 0.121 e. The highest BCUT2D eigenvalue weighted by atomic mass is 16.5. The van der Waals surface area contributed by atoms with E-state index in [-0.39, 0.29) is 0 Å². The van der Waals surface area contributed by atoms with Crippen LogP contribution in [0.3, 0.4) is 0 Å². The Morgan fingerprint density at radius 1 is 1.42 bits per heavy atom. The molecule has 3 nitrogen and oxygen atoms in total. The summed E-state index contributed by atoms with van der Waals surface area (Å²) in [5.74, 6) is 0.884. The molecule has 1 rings (SSSR count). The zero-order chi connectivity index (χ0) is 9.56.